The SMILES string of the molecule is CC(O)C1C=CC=CC1C. The monoisotopic (exact) mass is 138 g/mol. The number of hydrogen-bond acceptors (Lipinski definition) is 1. The summed E-state index contributed by atoms with van der Waals surface area (Å²) in [5.41, 5.74) is 0. The van der Waals surface area contributed by atoms with Gasteiger partial charge in [0.1, 0.15) is 0 Å². The van der Waals surface area contributed by atoms with Gasteiger partial charge in [-0.05, 0) is 12.8 Å². The van der Waals surface area contributed by atoms with Crippen molar-refractivity contribution in [2.45, 2.75) is 20.0 Å². The second kappa shape index (κ2) is 3.02. The molecule has 1 N–H and O–H groups in total. The fourth-order valence-electron chi connectivity index (χ4n) is 1.34. The predicted molar refractivity (Wildman–Crippen MR) is 42.6 cm³/mol. The minimum Gasteiger partial charge on any atom is -0.393 e. The molecule has 0 aromatic carbocycles. The molecule has 0 bridgehead atoms. The summed E-state index contributed by atoms with van der Waals surface area (Å²) in [4.78, 5) is 0. The Morgan fingerprint density at radius 3 is 2.30 bits per heavy atom. The van der Waals surface area contributed by atoms with Gasteiger partial charge in [0.15, 0.2) is 0 Å². The highest BCUT2D eigenvalue weighted by atomic mass is 16.3. The van der Waals surface area contributed by atoms with E-state index in [2.05, 4.69) is 19.1 Å². The van der Waals surface area contributed by atoms with Gasteiger partial charge in [0.25, 0.3) is 0 Å². The maximum Gasteiger partial charge on any atom is 0.0580 e. The Morgan fingerprint density at radius 2 is 1.90 bits per heavy atom. The van der Waals surface area contributed by atoms with Crippen LogP contribution in [0.3, 0.4) is 0 Å². The van der Waals surface area contributed by atoms with E-state index in [4.69, 9.17) is 0 Å². The van der Waals surface area contributed by atoms with E-state index in [1.165, 1.54) is 0 Å². The summed E-state index contributed by atoms with van der Waals surface area (Å²) < 4.78 is 0. The second-order valence-corrected chi connectivity index (χ2v) is 2.95. The molecular weight excluding hydrogens is 124 g/mol. The summed E-state index contributed by atoms with van der Waals surface area (Å²) in [6.45, 7) is 3.96. The molecule has 10 heavy (non-hydrogen) atoms. The molecule has 56 valence electrons. The van der Waals surface area contributed by atoms with Crippen molar-refractivity contribution in [1.29, 1.82) is 0 Å². The first kappa shape index (κ1) is 7.55. The smallest absolute Gasteiger partial charge is 0.0580 e. The van der Waals surface area contributed by atoms with E-state index in [0.717, 1.165) is 0 Å². The van der Waals surface area contributed by atoms with Crippen LogP contribution in [0.5, 0.6) is 0 Å². The standard InChI is InChI=1S/C9H14O/c1-7-5-3-4-6-9(7)8(2)10/h3-10H,1-2H3. The van der Waals surface area contributed by atoms with Gasteiger partial charge >= 0.3 is 0 Å². The lowest BCUT2D eigenvalue weighted by atomic mass is 9.86. The Kier molecular flexibility index (Phi) is 2.28. The lowest BCUT2D eigenvalue weighted by Crippen LogP contribution is -2.21. The van der Waals surface area contributed by atoms with Crippen LogP contribution >= 0.6 is 0 Å². The molecular formula is C9H14O. The maximum atomic E-state index is 9.26. The molecule has 0 aliphatic heterocycles. The quantitative estimate of drug-likeness (QED) is 0.585. The highest BCUT2D eigenvalue weighted by molar-refractivity contribution is 5.14. The van der Waals surface area contributed by atoms with E-state index < -0.39 is 0 Å². The molecule has 1 rings (SSSR count). The van der Waals surface area contributed by atoms with Crippen LogP contribution in [-0.2, 0) is 0 Å². The largest absolute Gasteiger partial charge is 0.393 e. The third-order valence-electron chi connectivity index (χ3n) is 2.02. The third-order valence-corrected chi connectivity index (χ3v) is 2.02. The first-order valence-corrected chi connectivity index (χ1v) is 3.75. The van der Waals surface area contributed by atoms with Crippen molar-refractivity contribution in [2.75, 3.05) is 0 Å². The molecule has 1 heteroatoms. The molecule has 0 aromatic rings. The summed E-state index contributed by atoms with van der Waals surface area (Å²) in [6.07, 6.45) is 7.99. The summed E-state index contributed by atoms with van der Waals surface area (Å²) in [6, 6.07) is 0. The summed E-state index contributed by atoms with van der Waals surface area (Å²) >= 11 is 0. The van der Waals surface area contributed by atoms with Gasteiger partial charge in [-0.3, -0.25) is 0 Å². The molecule has 0 radical (unpaired) electrons. The van der Waals surface area contributed by atoms with E-state index in [9.17, 15) is 5.11 Å². The normalized spacial score (nSPS) is 34.3. The number of hydrogen-bond donors (Lipinski definition) is 1. The number of aliphatic hydroxyl groups excluding tert-OH is 1. The average Bonchev–Trinajstić information content (AvgIpc) is 1.88. The number of aliphatic hydroxyl groups is 1. The summed E-state index contributed by atoms with van der Waals surface area (Å²) in [5, 5.41) is 9.26. The van der Waals surface area contributed by atoms with Crippen LogP contribution in [0.1, 0.15) is 13.8 Å². The van der Waals surface area contributed by atoms with Crippen LogP contribution in [0.25, 0.3) is 0 Å². The van der Waals surface area contributed by atoms with Crippen molar-refractivity contribution in [3.8, 4) is 0 Å². The molecule has 0 saturated carbocycles. The van der Waals surface area contributed by atoms with Crippen LogP contribution in [0.15, 0.2) is 24.3 Å². The fourth-order valence-corrected chi connectivity index (χ4v) is 1.34. The van der Waals surface area contributed by atoms with Crippen molar-refractivity contribution in [1.82, 2.24) is 0 Å². The third kappa shape index (κ3) is 1.48. The Morgan fingerprint density at radius 1 is 1.30 bits per heavy atom. The first-order valence-electron chi connectivity index (χ1n) is 3.75. The summed E-state index contributed by atoms with van der Waals surface area (Å²) in [7, 11) is 0. The van der Waals surface area contributed by atoms with Gasteiger partial charge in [-0.1, -0.05) is 31.2 Å². The first-order chi connectivity index (χ1) is 4.72. The van der Waals surface area contributed by atoms with E-state index in [1.807, 2.05) is 19.1 Å². The van der Waals surface area contributed by atoms with E-state index in [-0.39, 0.29) is 6.10 Å². The Hall–Kier alpha value is -0.560. The van der Waals surface area contributed by atoms with Gasteiger partial charge < -0.3 is 5.11 Å². The van der Waals surface area contributed by atoms with Gasteiger partial charge in [-0.15, -0.1) is 0 Å². The van der Waals surface area contributed by atoms with Gasteiger partial charge in [-0.2, -0.15) is 0 Å². The molecule has 0 spiro atoms. The van der Waals surface area contributed by atoms with Crippen molar-refractivity contribution < 1.29 is 5.11 Å². The van der Waals surface area contributed by atoms with Crippen LogP contribution < -0.4 is 0 Å². The van der Waals surface area contributed by atoms with Crippen LogP contribution in [0.4, 0.5) is 0 Å². The number of rotatable bonds is 1. The molecule has 1 aliphatic carbocycles. The van der Waals surface area contributed by atoms with Crippen LogP contribution in [0.2, 0.25) is 0 Å². The molecule has 3 unspecified atom stereocenters. The van der Waals surface area contributed by atoms with Crippen molar-refractivity contribution in [2.24, 2.45) is 11.8 Å². The topological polar surface area (TPSA) is 20.2 Å². The molecule has 3 atom stereocenters. The maximum absolute atomic E-state index is 9.26. The Labute approximate surface area is 62.1 Å². The van der Waals surface area contributed by atoms with Gasteiger partial charge in [0, 0.05) is 5.92 Å². The zero-order valence-electron chi connectivity index (χ0n) is 6.49. The van der Waals surface area contributed by atoms with Crippen molar-refractivity contribution >= 4 is 0 Å². The zero-order chi connectivity index (χ0) is 7.56. The van der Waals surface area contributed by atoms with Gasteiger partial charge in [-0.25, -0.2) is 0 Å². The highest BCUT2D eigenvalue weighted by Gasteiger charge is 2.18. The summed E-state index contributed by atoms with van der Waals surface area (Å²) in [5.74, 6) is 0.787. The van der Waals surface area contributed by atoms with Crippen LogP contribution in [0, 0.1) is 11.8 Å². The number of allylic oxidation sites excluding steroid dienone is 3. The predicted octanol–water partition coefficient (Wildman–Crippen LogP) is 1.75. The minimum atomic E-state index is -0.226. The lowest BCUT2D eigenvalue weighted by Gasteiger charge is -2.22. The molecule has 1 nitrogen and oxygen atoms in total. The Balaban J connectivity index is 2.61. The van der Waals surface area contributed by atoms with E-state index in [1.54, 1.807) is 0 Å². The zero-order valence-corrected chi connectivity index (χ0v) is 6.49. The lowest BCUT2D eigenvalue weighted by molar-refractivity contribution is 0.130. The molecule has 0 saturated heterocycles. The van der Waals surface area contributed by atoms with E-state index in [0.29, 0.717) is 11.8 Å². The second-order valence-electron chi connectivity index (χ2n) is 2.95. The van der Waals surface area contributed by atoms with Gasteiger partial charge in [0.2, 0.25) is 0 Å². The Bertz CT molecular complexity index is 156. The molecule has 0 fully saturated rings. The van der Waals surface area contributed by atoms with Gasteiger partial charge in [0.05, 0.1) is 6.10 Å². The molecule has 0 amide bonds. The minimum absolute atomic E-state index is 0.226. The molecule has 0 aromatic heterocycles. The average molecular weight is 138 g/mol. The highest BCUT2D eigenvalue weighted by Crippen LogP contribution is 2.21. The fraction of sp³-hybridized carbons (Fsp3) is 0.556. The molecule has 0 heterocycles. The van der Waals surface area contributed by atoms with Crippen molar-refractivity contribution in [3.63, 3.8) is 0 Å². The van der Waals surface area contributed by atoms with Crippen molar-refractivity contribution in [3.05, 3.63) is 24.3 Å². The molecule has 1 aliphatic rings. The van der Waals surface area contributed by atoms with E-state index >= 15 is 0 Å². The van der Waals surface area contributed by atoms with Crippen LogP contribution in [-0.4, -0.2) is 11.2 Å².